The van der Waals surface area contributed by atoms with Crippen molar-refractivity contribution in [1.82, 2.24) is 0 Å². The molecule has 0 radical (unpaired) electrons. The average Bonchev–Trinajstić information content (AvgIpc) is 3.30. The molecule has 0 aromatic heterocycles. The molecule has 0 heterocycles. The summed E-state index contributed by atoms with van der Waals surface area (Å²) in [5, 5.41) is 0. The Bertz CT molecular complexity index is 1520. The second kappa shape index (κ2) is 49.6. The number of carbonyl (C=O) groups excluding carboxylic acids is 2. The van der Waals surface area contributed by atoms with Crippen LogP contribution >= 0.6 is 7.82 Å². The van der Waals surface area contributed by atoms with Gasteiger partial charge in [-0.25, -0.2) is 4.57 Å². The minimum absolute atomic E-state index is 0.0378. The number of esters is 2. The second-order valence-corrected chi connectivity index (χ2v) is 17.0. The molecule has 366 valence electrons. The van der Waals surface area contributed by atoms with Gasteiger partial charge in [0, 0.05) is 19.4 Å². The quantitative estimate of drug-likeness (QED) is 0.0265. The minimum atomic E-state index is -4.40. The van der Waals surface area contributed by atoms with E-state index in [1.807, 2.05) is 0 Å². The van der Waals surface area contributed by atoms with Gasteiger partial charge in [-0.2, -0.15) is 0 Å². The molecule has 9 nitrogen and oxygen atoms in total. The first kappa shape index (κ1) is 61.1. The van der Waals surface area contributed by atoms with Gasteiger partial charge in [-0.05, 0) is 109 Å². The van der Waals surface area contributed by atoms with Crippen LogP contribution in [0.15, 0.2) is 134 Å². The molecule has 0 rings (SSSR count). The van der Waals surface area contributed by atoms with Crippen LogP contribution in [-0.4, -0.2) is 49.3 Å². The zero-order chi connectivity index (χ0) is 47.4. The Balaban J connectivity index is 4.20. The summed E-state index contributed by atoms with van der Waals surface area (Å²) < 4.78 is 32.8. The number of allylic oxidation sites excluding steroid dienone is 22. The summed E-state index contributed by atoms with van der Waals surface area (Å²) in [5.41, 5.74) is 5.36. The van der Waals surface area contributed by atoms with Crippen LogP contribution in [-0.2, 0) is 32.7 Å². The van der Waals surface area contributed by atoms with E-state index in [1.54, 1.807) is 0 Å². The van der Waals surface area contributed by atoms with Gasteiger partial charge < -0.3 is 20.1 Å². The third-order valence-electron chi connectivity index (χ3n) is 9.53. The van der Waals surface area contributed by atoms with Gasteiger partial charge in [-0.15, -0.1) is 0 Å². The molecule has 3 N–H and O–H groups in total. The summed E-state index contributed by atoms with van der Waals surface area (Å²) >= 11 is 0. The first-order chi connectivity index (χ1) is 31.8. The van der Waals surface area contributed by atoms with Gasteiger partial charge in [0.1, 0.15) is 6.61 Å². The topological polar surface area (TPSA) is 134 Å². The van der Waals surface area contributed by atoms with Crippen LogP contribution in [0, 0.1) is 0 Å². The molecule has 10 heteroatoms. The van der Waals surface area contributed by atoms with Gasteiger partial charge in [0.15, 0.2) is 6.10 Å². The molecule has 0 saturated carbocycles. The van der Waals surface area contributed by atoms with Gasteiger partial charge in [0.25, 0.3) is 0 Å². The Morgan fingerprint density at radius 2 is 0.800 bits per heavy atom. The molecule has 0 amide bonds. The maximum absolute atomic E-state index is 12.6. The molecule has 0 aliphatic rings. The van der Waals surface area contributed by atoms with Gasteiger partial charge in [-0.1, -0.05) is 180 Å². The van der Waals surface area contributed by atoms with Gasteiger partial charge >= 0.3 is 19.8 Å². The Kier molecular flexibility index (Phi) is 46.6. The van der Waals surface area contributed by atoms with Crippen LogP contribution in [0.3, 0.4) is 0 Å². The number of nitrogens with two attached hydrogens (primary N) is 1. The molecule has 0 saturated heterocycles. The van der Waals surface area contributed by atoms with Crippen LogP contribution in [0.1, 0.15) is 168 Å². The highest BCUT2D eigenvalue weighted by Gasteiger charge is 2.26. The number of hydrogen-bond donors (Lipinski definition) is 2. The predicted octanol–water partition coefficient (Wildman–Crippen LogP) is 15.1. The lowest BCUT2D eigenvalue weighted by molar-refractivity contribution is -0.161. The fourth-order valence-corrected chi connectivity index (χ4v) is 6.72. The van der Waals surface area contributed by atoms with E-state index >= 15 is 0 Å². The van der Waals surface area contributed by atoms with Crippen molar-refractivity contribution < 1.29 is 37.6 Å². The first-order valence-corrected chi connectivity index (χ1v) is 26.2. The van der Waals surface area contributed by atoms with Crippen molar-refractivity contribution in [2.75, 3.05) is 26.4 Å². The number of hydrogen-bond acceptors (Lipinski definition) is 8. The highest BCUT2D eigenvalue weighted by Crippen LogP contribution is 2.43. The molecule has 65 heavy (non-hydrogen) atoms. The first-order valence-electron chi connectivity index (χ1n) is 24.7. The summed E-state index contributed by atoms with van der Waals surface area (Å²) in [5.74, 6) is -0.893. The van der Waals surface area contributed by atoms with Crippen LogP contribution in [0.25, 0.3) is 0 Å². The number of unbranched alkanes of at least 4 members (excludes halogenated alkanes) is 9. The molecule has 0 spiro atoms. The monoisotopic (exact) mass is 922 g/mol. The maximum Gasteiger partial charge on any atom is 0.472 e. The number of rotatable bonds is 44. The van der Waals surface area contributed by atoms with Gasteiger partial charge in [-0.3, -0.25) is 18.6 Å². The summed E-state index contributed by atoms with van der Waals surface area (Å²) in [6.45, 7) is 3.43. The average molecular weight is 922 g/mol. The normalized spacial score (nSPS) is 14.3. The fourth-order valence-electron chi connectivity index (χ4n) is 5.96. The fraction of sp³-hybridized carbons (Fsp3) is 0.564. The van der Waals surface area contributed by atoms with E-state index in [1.165, 1.54) is 0 Å². The molecule has 0 aliphatic carbocycles. The number of carbonyl (C=O) groups is 2. The molecule has 2 unspecified atom stereocenters. The lowest BCUT2D eigenvalue weighted by Gasteiger charge is -2.19. The van der Waals surface area contributed by atoms with E-state index in [-0.39, 0.29) is 32.6 Å². The lowest BCUT2D eigenvalue weighted by Crippen LogP contribution is -2.29. The Morgan fingerprint density at radius 1 is 0.462 bits per heavy atom. The second-order valence-electron chi connectivity index (χ2n) is 15.6. The Hall–Kier alpha value is -3.85. The zero-order valence-corrected chi connectivity index (χ0v) is 41.3. The van der Waals surface area contributed by atoms with E-state index in [0.29, 0.717) is 12.8 Å². The third kappa shape index (κ3) is 49.4. The van der Waals surface area contributed by atoms with E-state index in [0.717, 1.165) is 128 Å². The van der Waals surface area contributed by atoms with Crippen molar-refractivity contribution in [1.29, 1.82) is 0 Å². The molecular weight excluding hydrogens is 834 g/mol. The highest BCUT2D eigenvalue weighted by molar-refractivity contribution is 7.47. The standard InChI is InChI=1S/C55H88NO8P/c1-3-5-7-9-11-13-15-17-19-21-22-23-24-25-26-27-28-29-30-32-34-36-38-40-42-44-46-48-55(58)64-53(52-63-65(59,60)62-50-49-56)51-61-54(57)47-45-43-41-39-37-35-33-31-20-18-16-14-12-10-8-6-4-2/h5-8,11-14,17-20,22-23,25-26,28-29,32-35,53H,3-4,9-10,15-16,21,24,27,30-31,36-52,56H2,1-2H3,(H,59,60)/b7-5-,8-6-,13-11-,14-12-,19-17-,20-18-,23-22-,26-25-,29-28-,34-32-,35-33-. The van der Waals surface area contributed by atoms with E-state index in [9.17, 15) is 19.0 Å². The molecular formula is C55H88NO8P. The van der Waals surface area contributed by atoms with Crippen LogP contribution in [0.5, 0.6) is 0 Å². The smallest absolute Gasteiger partial charge is 0.462 e. The number of ether oxygens (including phenoxy) is 2. The van der Waals surface area contributed by atoms with Gasteiger partial charge in [0.2, 0.25) is 0 Å². The molecule has 0 bridgehead atoms. The highest BCUT2D eigenvalue weighted by atomic mass is 31.2. The van der Waals surface area contributed by atoms with Crippen molar-refractivity contribution in [2.45, 2.75) is 174 Å². The largest absolute Gasteiger partial charge is 0.472 e. The minimum Gasteiger partial charge on any atom is -0.462 e. The van der Waals surface area contributed by atoms with Gasteiger partial charge in [0.05, 0.1) is 13.2 Å². The zero-order valence-electron chi connectivity index (χ0n) is 40.4. The molecule has 2 atom stereocenters. The molecule has 0 aromatic rings. The SMILES string of the molecule is CC/C=C\C/C=C\C/C=C\C/C=C\C/C=C\C/C=C\C/C=C\CCCCCCCC(=O)OC(COC(=O)CCCCCC/C=C\C/C=C\C/C=C\C/C=C\CC)COP(=O)(O)OCCN. The van der Waals surface area contributed by atoms with E-state index in [2.05, 4.69) is 148 Å². The van der Waals surface area contributed by atoms with E-state index in [4.69, 9.17) is 24.3 Å². The van der Waals surface area contributed by atoms with Crippen molar-refractivity contribution in [3.05, 3.63) is 134 Å². The number of phosphoric acid groups is 1. The molecule has 0 aliphatic heterocycles. The molecule has 0 fully saturated rings. The summed E-state index contributed by atoms with van der Waals surface area (Å²) in [7, 11) is -4.40. The van der Waals surface area contributed by atoms with Crippen molar-refractivity contribution >= 4 is 19.8 Å². The Morgan fingerprint density at radius 3 is 1.18 bits per heavy atom. The van der Waals surface area contributed by atoms with Crippen LogP contribution in [0.4, 0.5) is 0 Å². The summed E-state index contributed by atoms with van der Waals surface area (Å²) in [4.78, 5) is 35.0. The molecule has 0 aromatic carbocycles. The number of phosphoric ester groups is 1. The summed E-state index contributed by atoms with van der Waals surface area (Å²) in [6.07, 6.45) is 69.1. The van der Waals surface area contributed by atoms with Crippen molar-refractivity contribution in [2.24, 2.45) is 5.73 Å². The van der Waals surface area contributed by atoms with E-state index < -0.39 is 32.5 Å². The maximum atomic E-state index is 12.6. The van der Waals surface area contributed by atoms with Crippen LogP contribution < -0.4 is 5.73 Å². The third-order valence-corrected chi connectivity index (χ3v) is 10.5. The van der Waals surface area contributed by atoms with Crippen LogP contribution in [0.2, 0.25) is 0 Å². The van der Waals surface area contributed by atoms with Crippen molar-refractivity contribution in [3.63, 3.8) is 0 Å². The Labute approximate surface area is 395 Å². The van der Waals surface area contributed by atoms with Crippen molar-refractivity contribution in [3.8, 4) is 0 Å². The predicted molar refractivity (Wildman–Crippen MR) is 274 cm³/mol. The summed E-state index contributed by atoms with van der Waals surface area (Å²) in [6, 6.07) is 0. The lowest BCUT2D eigenvalue weighted by atomic mass is 10.1.